The summed E-state index contributed by atoms with van der Waals surface area (Å²) < 4.78 is 18.5. The number of benzene rings is 2. The Morgan fingerprint density at radius 1 is 0.864 bits per heavy atom. The summed E-state index contributed by atoms with van der Waals surface area (Å²) in [6.07, 6.45) is 3.53. The van der Waals surface area contributed by atoms with Gasteiger partial charge in [-0.1, -0.05) is 44.0 Å². The first-order valence-corrected chi connectivity index (χ1v) is 7.95. The van der Waals surface area contributed by atoms with E-state index in [1.165, 1.54) is 30.5 Å². The fourth-order valence-electron chi connectivity index (χ4n) is 2.20. The van der Waals surface area contributed by atoms with E-state index in [2.05, 4.69) is 24.4 Å². The minimum absolute atomic E-state index is 0.196. The molecule has 0 fully saturated rings. The second-order valence-corrected chi connectivity index (χ2v) is 5.43. The Balaban J connectivity index is 1.70. The van der Waals surface area contributed by atoms with E-state index >= 15 is 0 Å². The van der Waals surface area contributed by atoms with Gasteiger partial charge in [-0.25, -0.2) is 4.39 Å². The Morgan fingerprint density at radius 2 is 1.45 bits per heavy atom. The molecule has 0 unspecified atom stereocenters. The number of hydrogen-bond donors (Lipinski definition) is 1. The quantitative estimate of drug-likeness (QED) is 0.679. The molecule has 2 aromatic rings. The smallest absolute Gasteiger partial charge is 0.123 e. The van der Waals surface area contributed by atoms with E-state index in [0.29, 0.717) is 0 Å². The molecule has 0 saturated heterocycles. The fourth-order valence-corrected chi connectivity index (χ4v) is 2.20. The summed E-state index contributed by atoms with van der Waals surface area (Å²) in [5.41, 5.74) is 2.29. The van der Waals surface area contributed by atoms with Crippen LogP contribution in [0, 0.1) is 5.82 Å². The zero-order chi connectivity index (χ0) is 15.6. The van der Waals surface area contributed by atoms with E-state index in [1.54, 1.807) is 12.1 Å². The van der Waals surface area contributed by atoms with Crippen LogP contribution in [0.3, 0.4) is 0 Å². The molecule has 2 aromatic carbocycles. The molecule has 3 heteroatoms. The van der Waals surface area contributed by atoms with E-state index in [9.17, 15) is 4.39 Å². The van der Waals surface area contributed by atoms with Crippen LogP contribution in [-0.2, 0) is 13.1 Å². The molecule has 1 N–H and O–H groups in total. The first-order chi connectivity index (χ1) is 10.8. The second-order valence-electron chi connectivity index (χ2n) is 5.43. The van der Waals surface area contributed by atoms with Gasteiger partial charge in [0.2, 0.25) is 0 Å². The van der Waals surface area contributed by atoms with Crippen LogP contribution < -0.4 is 10.1 Å². The van der Waals surface area contributed by atoms with Crippen molar-refractivity contribution in [1.82, 2.24) is 5.32 Å². The van der Waals surface area contributed by atoms with Gasteiger partial charge in [-0.2, -0.15) is 0 Å². The Kier molecular flexibility index (Phi) is 6.91. The monoisotopic (exact) mass is 301 g/mol. The third-order valence-electron chi connectivity index (χ3n) is 3.51. The van der Waals surface area contributed by atoms with Crippen LogP contribution >= 0.6 is 0 Å². The maximum atomic E-state index is 12.8. The van der Waals surface area contributed by atoms with E-state index < -0.39 is 0 Å². The molecule has 2 nitrogen and oxygen atoms in total. The van der Waals surface area contributed by atoms with Crippen LogP contribution in [0.15, 0.2) is 48.5 Å². The van der Waals surface area contributed by atoms with Crippen LogP contribution in [0.4, 0.5) is 4.39 Å². The third kappa shape index (κ3) is 5.86. The predicted octanol–water partition coefficient (Wildman–Crippen LogP) is 4.68. The summed E-state index contributed by atoms with van der Waals surface area (Å²) in [6.45, 7) is 4.49. The average Bonchev–Trinajstić information content (AvgIpc) is 2.55. The summed E-state index contributed by atoms with van der Waals surface area (Å²) in [5, 5.41) is 3.35. The Bertz CT molecular complexity index is 536. The number of unbranched alkanes of at least 4 members (excludes halogenated alkanes) is 2. The zero-order valence-corrected chi connectivity index (χ0v) is 13.1. The SMILES string of the molecule is CCCCCOc1ccc(CNCc2ccc(F)cc2)cc1. The number of halogens is 1. The van der Waals surface area contributed by atoms with Gasteiger partial charge < -0.3 is 10.1 Å². The first kappa shape index (κ1) is 16.5. The van der Waals surface area contributed by atoms with Gasteiger partial charge in [0.05, 0.1) is 6.61 Å². The molecule has 0 bridgehead atoms. The molecule has 22 heavy (non-hydrogen) atoms. The summed E-state index contributed by atoms with van der Waals surface area (Å²) >= 11 is 0. The van der Waals surface area contributed by atoms with Crippen molar-refractivity contribution in [3.63, 3.8) is 0 Å². The van der Waals surface area contributed by atoms with Crippen molar-refractivity contribution in [3.05, 3.63) is 65.5 Å². The third-order valence-corrected chi connectivity index (χ3v) is 3.51. The Labute approximate surface area is 132 Å². The highest BCUT2D eigenvalue weighted by atomic mass is 19.1. The molecule has 0 amide bonds. The van der Waals surface area contributed by atoms with Crippen LogP contribution in [0.25, 0.3) is 0 Å². The van der Waals surface area contributed by atoms with Gasteiger partial charge in [0.15, 0.2) is 0 Å². The van der Waals surface area contributed by atoms with Crippen molar-refractivity contribution in [1.29, 1.82) is 0 Å². The lowest BCUT2D eigenvalue weighted by Gasteiger charge is -2.08. The summed E-state index contributed by atoms with van der Waals surface area (Å²) in [6, 6.07) is 14.8. The lowest BCUT2D eigenvalue weighted by molar-refractivity contribution is 0.306. The highest BCUT2D eigenvalue weighted by Crippen LogP contribution is 2.13. The molecule has 0 heterocycles. The topological polar surface area (TPSA) is 21.3 Å². The molecule has 0 radical (unpaired) electrons. The average molecular weight is 301 g/mol. The van der Waals surface area contributed by atoms with Crippen molar-refractivity contribution < 1.29 is 9.13 Å². The second kappa shape index (κ2) is 9.21. The van der Waals surface area contributed by atoms with Gasteiger partial charge in [-0.15, -0.1) is 0 Å². The predicted molar refractivity (Wildman–Crippen MR) is 88.4 cm³/mol. The van der Waals surface area contributed by atoms with Crippen molar-refractivity contribution in [3.8, 4) is 5.75 Å². The number of ether oxygens (including phenoxy) is 1. The molecular formula is C19H24FNO. The van der Waals surface area contributed by atoms with E-state index in [0.717, 1.165) is 37.4 Å². The van der Waals surface area contributed by atoms with E-state index in [1.807, 2.05) is 12.1 Å². The summed E-state index contributed by atoms with van der Waals surface area (Å²) in [5.74, 6) is 0.733. The maximum Gasteiger partial charge on any atom is 0.123 e. The minimum Gasteiger partial charge on any atom is -0.494 e. The lowest BCUT2D eigenvalue weighted by atomic mass is 10.2. The zero-order valence-electron chi connectivity index (χ0n) is 13.1. The Morgan fingerprint density at radius 3 is 2.05 bits per heavy atom. The molecule has 2 rings (SSSR count). The molecular weight excluding hydrogens is 277 g/mol. The lowest BCUT2D eigenvalue weighted by Crippen LogP contribution is -2.12. The summed E-state index contributed by atoms with van der Waals surface area (Å²) in [4.78, 5) is 0. The highest BCUT2D eigenvalue weighted by Gasteiger charge is 1.97. The van der Waals surface area contributed by atoms with Crippen molar-refractivity contribution in [2.45, 2.75) is 39.3 Å². The first-order valence-electron chi connectivity index (χ1n) is 7.95. The molecule has 0 aliphatic rings. The van der Waals surface area contributed by atoms with Crippen LogP contribution in [0.5, 0.6) is 5.75 Å². The van der Waals surface area contributed by atoms with Crippen molar-refractivity contribution in [2.75, 3.05) is 6.61 Å². The van der Waals surface area contributed by atoms with Crippen LogP contribution in [0.2, 0.25) is 0 Å². The molecule has 118 valence electrons. The Hall–Kier alpha value is -1.87. The normalized spacial score (nSPS) is 10.6. The van der Waals surface area contributed by atoms with E-state index in [-0.39, 0.29) is 5.82 Å². The van der Waals surface area contributed by atoms with Gasteiger partial charge in [0.1, 0.15) is 11.6 Å². The van der Waals surface area contributed by atoms with Gasteiger partial charge >= 0.3 is 0 Å². The number of hydrogen-bond acceptors (Lipinski definition) is 2. The van der Waals surface area contributed by atoms with Crippen LogP contribution in [-0.4, -0.2) is 6.61 Å². The van der Waals surface area contributed by atoms with Gasteiger partial charge in [-0.3, -0.25) is 0 Å². The summed E-state index contributed by atoms with van der Waals surface area (Å²) in [7, 11) is 0. The van der Waals surface area contributed by atoms with Crippen molar-refractivity contribution in [2.24, 2.45) is 0 Å². The standard InChI is InChI=1S/C19H24FNO/c1-2-3-4-13-22-19-11-7-17(8-12-19)15-21-14-16-5-9-18(20)10-6-16/h5-12,21H,2-4,13-15H2,1H3. The van der Waals surface area contributed by atoms with E-state index in [4.69, 9.17) is 4.74 Å². The van der Waals surface area contributed by atoms with Gasteiger partial charge in [0.25, 0.3) is 0 Å². The highest BCUT2D eigenvalue weighted by molar-refractivity contribution is 5.27. The van der Waals surface area contributed by atoms with Crippen molar-refractivity contribution >= 4 is 0 Å². The molecule has 0 saturated carbocycles. The molecule has 0 aliphatic carbocycles. The van der Waals surface area contributed by atoms with Gasteiger partial charge in [0, 0.05) is 13.1 Å². The minimum atomic E-state index is -0.196. The van der Waals surface area contributed by atoms with Crippen LogP contribution in [0.1, 0.15) is 37.3 Å². The number of nitrogens with one attached hydrogen (secondary N) is 1. The largest absolute Gasteiger partial charge is 0.494 e. The fraction of sp³-hybridized carbons (Fsp3) is 0.368. The number of rotatable bonds is 9. The molecule has 0 spiro atoms. The molecule has 0 aromatic heterocycles. The van der Waals surface area contributed by atoms with Gasteiger partial charge in [-0.05, 0) is 41.8 Å². The maximum absolute atomic E-state index is 12.8. The molecule has 0 aliphatic heterocycles. The molecule has 0 atom stereocenters.